The highest BCUT2D eigenvalue weighted by molar-refractivity contribution is 5.63. The first-order valence-corrected chi connectivity index (χ1v) is 7.51. The van der Waals surface area contributed by atoms with Gasteiger partial charge in [-0.25, -0.2) is 0 Å². The van der Waals surface area contributed by atoms with E-state index in [4.69, 9.17) is 0 Å². The molecular formula is C17H22N3O2-. The smallest absolute Gasteiger partial charge is 0.137 e. The normalized spacial score (nSPS) is 21.2. The Balaban J connectivity index is 2.24. The highest BCUT2D eigenvalue weighted by atomic mass is 16.4. The van der Waals surface area contributed by atoms with Gasteiger partial charge in [0.25, 0.3) is 0 Å². The maximum atomic E-state index is 11.4. The summed E-state index contributed by atoms with van der Waals surface area (Å²) in [6, 6.07) is 11.4. The largest absolute Gasteiger partial charge is 0.530 e. The van der Waals surface area contributed by atoms with Crippen molar-refractivity contribution in [2.45, 2.75) is 32.9 Å². The van der Waals surface area contributed by atoms with E-state index in [2.05, 4.69) is 11.0 Å². The van der Waals surface area contributed by atoms with Crippen molar-refractivity contribution in [3.8, 4) is 6.07 Å². The van der Waals surface area contributed by atoms with E-state index in [1.807, 2.05) is 51.1 Å². The molecule has 1 fully saturated rings. The van der Waals surface area contributed by atoms with Crippen LogP contribution in [0.15, 0.2) is 30.3 Å². The van der Waals surface area contributed by atoms with E-state index in [-0.39, 0.29) is 17.5 Å². The van der Waals surface area contributed by atoms with Crippen LogP contribution in [0.1, 0.15) is 32.4 Å². The molecule has 1 aliphatic heterocycles. The molecule has 0 aliphatic carbocycles. The molecule has 0 saturated carbocycles. The zero-order valence-corrected chi connectivity index (χ0v) is 13.3. The molecule has 2 atom stereocenters. The van der Waals surface area contributed by atoms with Gasteiger partial charge in [0.2, 0.25) is 0 Å². The Morgan fingerprint density at radius 1 is 1.32 bits per heavy atom. The van der Waals surface area contributed by atoms with E-state index in [9.17, 15) is 15.2 Å². The van der Waals surface area contributed by atoms with Gasteiger partial charge < -0.3 is 14.8 Å². The Kier molecular flexibility index (Phi) is 4.72. The Morgan fingerprint density at radius 2 is 1.95 bits per heavy atom. The molecule has 1 amide bonds. The summed E-state index contributed by atoms with van der Waals surface area (Å²) in [4.78, 5) is 14.8. The molecule has 1 heterocycles. The molecular weight excluding hydrogens is 278 g/mol. The van der Waals surface area contributed by atoms with Gasteiger partial charge in [-0.15, -0.1) is 0 Å². The fourth-order valence-electron chi connectivity index (χ4n) is 3.00. The maximum Gasteiger partial charge on any atom is 0.137 e. The number of nitrogens with zero attached hydrogens (tertiary/aromatic N) is 3. The average Bonchev–Trinajstić information content (AvgIpc) is 2.48. The van der Waals surface area contributed by atoms with Crippen LogP contribution in [-0.4, -0.2) is 41.6 Å². The van der Waals surface area contributed by atoms with Gasteiger partial charge in [-0.3, -0.25) is 4.90 Å². The van der Waals surface area contributed by atoms with Gasteiger partial charge >= 0.3 is 0 Å². The number of benzene rings is 1. The summed E-state index contributed by atoms with van der Waals surface area (Å²) < 4.78 is 0. The van der Waals surface area contributed by atoms with Crippen LogP contribution in [-0.2, 0) is 0 Å². The minimum Gasteiger partial charge on any atom is -0.530 e. The first-order valence-electron chi connectivity index (χ1n) is 7.51. The van der Waals surface area contributed by atoms with Crippen molar-refractivity contribution in [1.29, 1.82) is 5.26 Å². The molecule has 0 N–H and O–H groups in total. The lowest BCUT2D eigenvalue weighted by atomic mass is 9.84. The molecule has 1 saturated heterocycles. The number of rotatable bonds is 2. The number of carbonyl (C=O) groups is 1. The molecule has 1 aromatic rings. The highest BCUT2D eigenvalue weighted by Crippen LogP contribution is 2.31. The SMILES string of the molecule is CC(C)(C)C1CN(C(C#N)c2ccccc2)CCN1C(=O)[O-]. The van der Waals surface area contributed by atoms with E-state index in [1.54, 1.807) is 0 Å². The van der Waals surface area contributed by atoms with Gasteiger partial charge in [0.05, 0.1) is 6.07 Å². The molecule has 5 nitrogen and oxygen atoms in total. The van der Waals surface area contributed by atoms with Crippen molar-refractivity contribution in [2.24, 2.45) is 5.41 Å². The number of nitriles is 1. The van der Waals surface area contributed by atoms with Gasteiger partial charge in [0.15, 0.2) is 0 Å². The predicted molar refractivity (Wildman–Crippen MR) is 81.7 cm³/mol. The molecule has 5 heteroatoms. The van der Waals surface area contributed by atoms with Crippen molar-refractivity contribution in [2.75, 3.05) is 19.6 Å². The lowest BCUT2D eigenvalue weighted by Gasteiger charge is -2.49. The lowest BCUT2D eigenvalue weighted by molar-refractivity contribution is -0.272. The lowest BCUT2D eigenvalue weighted by Crippen LogP contribution is -2.62. The standard InChI is InChI=1S/C17H23N3O2/c1-17(2,3)15-12-19(9-10-20(15)16(21)22)14(11-18)13-7-5-4-6-8-13/h4-8,14-15H,9-10,12H2,1-3H3,(H,21,22)/p-1. The molecule has 0 aromatic heterocycles. The van der Waals surface area contributed by atoms with E-state index in [0.717, 1.165) is 5.56 Å². The Bertz CT molecular complexity index is 560. The summed E-state index contributed by atoms with van der Waals surface area (Å²) in [5.74, 6) is 0. The van der Waals surface area contributed by atoms with Crippen LogP contribution < -0.4 is 5.11 Å². The first-order chi connectivity index (χ1) is 10.3. The third-order valence-electron chi connectivity index (χ3n) is 4.25. The van der Waals surface area contributed by atoms with E-state index in [0.29, 0.717) is 19.6 Å². The molecule has 2 rings (SSSR count). The van der Waals surface area contributed by atoms with Crippen LogP contribution in [0, 0.1) is 16.7 Å². The number of hydrogen-bond acceptors (Lipinski definition) is 4. The predicted octanol–water partition coefficient (Wildman–Crippen LogP) is 1.63. The van der Waals surface area contributed by atoms with Crippen LogP contribution in [0.4, 0.5) is 4.79 Å². The Morgan fingerprint density at radius 3 is 2.45 bits per heavy atom. The van der Waals surface area contributed by atoms with Gasteiger partial charge in [0, 0.05) is 25.7 Å². The number of piperazine rings is 1. The zero-order valence-electron chi connectivity index (χ0n) is 13.3. The number of carbonyl (C=O) groups excluding carboxylic acids is 1. The van der Waals surface area contributed by atoms with Crippen molar-refractivity contribution in [1.82, 2.24) is 9.80 Å². The second kappa shape index (κ2) is 6.37. The molecule has 22 heavy (non-hydrogen) atoms. The minimum absolute atomic E-state index is 0.189. The van der Waals surface area contributed by atoms with E-state index < -0.39 is 6.09 Å². The van der Waals surface area contributed by atoms with E-state index >= 15 is 0 Å². The third kappa shape index (κ3) is 3.40. The van der Waals surface area contributed by atoms with E-state index in [1.165, 1.54) is 4.90 Å². The fraction of sp³-hybridized carbons (Fsp3) is 0.529. The van der Waals surface area contributed by atoms with Crippen molar-refractivity contribution >= 4 is 6.09 Å². The van der Waals surface area contributed by atoms with Crippen molar-refractivity contribution < 1.29 is 9.90 Å². The molecule has 2 unspecified atom stereocenters. The van der Waals surface area contributed by atoms with Crippen LogP contribution in [0.25, 0.3) is 0 Å². The van der Waals surface area contributed by atoms with Crippen LogP contribution in [0.2, 0.25) is 0 Å². The zero-order chi connectivity index (χ0) is 16.3. The van der Waals surface area contributed by atoms with Gasteiger partial charge in [-0.1, -0.05) is 51.1 Å². The average molecular weight is 300 g/mol. The summed E-state index contributed by atoms with van der Waals surface area (Å²) in [6.45, 7) is 7.48. The van der Waals surface area contributed by atoms with Crippen molar-refractivity contribution in [3.05, 3.63) is 35.9 Å². The summed E-state index contributed by atoms with van der Waals surface area (Å²) in [7, 11) is 0. The molecule has 0 radical (unpaired) electrons. The Hall–Kier alpha value is -2.06. The highest BCUT2D eigenvalue weighted by Gasteiger charge is 2.37. The quantitative estimate of drug-likeness (QED) is 0.832. The van der Waals surface area contributed by atoms with Gasteiger partial charge in [-0.2, -0.15) is 5.26 Å². The summed E-state index contributed by atoms with van der Waals surface area (Å²) in [5.41, 5.74) is 0.731. The van der Waals surface area contributed by atoms with Gasteiger partial charge in [-0.05, 0) is 11.0 Å². The summed E-state index contributed by atoms with van der Waals surface area (Å²) in [5, 5.41) is 20.9. The molecule has 0 bridgehead atoms. The third-order valence-corrected chi connectivity index (χ3v) is 4.25. The monoisotopic (exact) mass is 300 g/mol. The van der Waals surface area contributed by atoms with Crippen LogP contribution in [0.3, 0.4) is 0 Å². The second-order valence-corrected chi connectivity index (χ2v) is 6.78. The number of amides is 1. The Labute approximate surface area is 131 Å². The molecule has 0 spiro atoms. The summed E-state index contributed by atoms with van der Waals surface area (Å²) in [6.07, 6.45) is -1.13. The number of hydrogen-bond donors (Lipinski definition) is 0. The topological polar surface area (TPSA) is 70.4 Å². The molecule has 118 valence electrons. The van der Waals surface area contributed by atoms with Gasteiger partial charge in [0.1, 0.15) is 12.1 Å². The van der Waals surface area contributed by atoms with Crippen LogP contribution in [0.5, 0.6) is 0 Å². The molecule has 1 aromatic carbocycles. The second-order valence-electron chi connectivity index (χ2n) is 6.78. The maximum absolute atomic E-state index is 11.4. The minimum atomic E-state index is -1.13. The first kappa shape index (κ1) is 16.3. The summed E-state index contributed by atoms with van der Waals surface area (Å²) >= 11 is 0. The fourth-order valence-corrected chi connectivity index (χ4v) is 3.00. The van der Waals surface area contributed by atoms with Crippen molar-refractivity contribution in [3.63, 3.8) is 0 Å². The van der Waals surface area contributed by atoms with Crippen LogP contribution >= 0.6 is 0 Å². The number of carboxylic acid groups (broad SMARTS) is 1. The molecule has 1 aliphatic rings.